The fourth-order valence-electron chi connectivity index (χ4n) is 3.64. The van der Waals surface area contributed by atoms with E-state index < -0.39 is 24.0 Å². The van der Waals surface area contributed by atoms with Crippen molar-refractivity contribution < 1.29 is 19.4 Å². The first-order valence-corrected chi connectivity index (χ1v) is 6.37. The molecule has 2 rings (SSSR count). The Morgan fingerprint density at radius 2 is 2.12 bits per heavy atom. The minimum absolute atomic E-state index is 0.260. The van der Waals surface area contributed by atoms with Crippen LogP contribution in [0.2, 0.25) is 0 Å². The maximum atomic E-state index is 11.6. The van der Waals surface area contributed by atoms with Crippen molar-refractivity contribution in [2.75, 3.05) is 0 Å². The highest BCUT2D eigenvalue weighted by Gasteiger charge is 2.55. The second-order valence-corrected chi connectivity index (χ2v) is 5.73. The van der Waals surface area contributed by atoms with Crippen LogP contribution in [0.15, 0.2) is 0 Å². The van der Waals surface area contributed by atoms with Gasteiger partial charge in [-0.15, -0.1) is 0 Å². The van der Waals surface area contributed by atoms with Gasteiger partial charge in [-0.2, -0.15) is 0 Å². The van der Waals surface area contributed by atoms with Crippen LogP contribution in [0, 0.1) is 17.8 Å². The fraction of sp³-hybridized carbons (Fsp3) is 0.846. The molecule has 4 nitrogen and oxygen atoms in total. The van der Waals surface area contributed by atoms with E-state index in [1.54, 1.807) is 0 Å². The summed E-state index contributed by atoms with van der Waals surface area (Å²) in [5.74, 6) is -0.336. The van der Waals surface area contributed by atoms with Crippen LogP contribution >= 0.6 is 0 Å². The zero-order valence-corrected chi connectivity index (χ0v) is 10.4. The number of carboxylic acids is 1. The molecule has 17 heavy (non-hydrogen) atoms. The summed E-state index contributed by atoms with van der Waals surface area (Å²) in [6, 6.07) is 0. The van der Waals surface area contributed by atoms with Gasteiger partial charge in [-0.1, -0.05) is 13.8 Å². The van der Waals surface area contributed by atoms with Gasteiger partial charge in [0.2, 0.25) is 0 Å². The van der Waals surface area contributed by atoms with Crippen molar-refractivity contribution in [2.24, 2.45) is 17.8 Å². The zero-order valence-electron chi connectivity index (χ0n) is 10.4. The molecule has 0 aromatic carbocycles. The summed E-state index contributed by atoms with van der Waals surface area (Å²) in [4.78, 5) is 22.1. The summed E-state index contributed by atoms with van der Waals surface area (Å²) >= 11 is 0. The van der Waals surface area contributed by atoms with Gasteiger partial charge in [-0.25, -0.2) is 0 Å². The highest BCUT2D eigenvalue weighted by Crippen LogP contribution is 2.55. The number of fused-ring (bicyclic) bond motifs is 2. The van der Waals surface area contributed by atoms with Gasteiger partial charge in [-0.3, -0.25) is 9.59 Å². The lowest BCUT2D eigenvalue weighted by Gasteiger charge is -2.40. The molecule has 2 bridgehead atoms. The average Bonchev–Trinajstić information content (AvgIpc) is 2.75. The molecule has 2 aliphatic rings. The molecule has 1 N–H and O–H groups in total. The molecular weight excluding hydrogens is 220 g/mol. The third-order valence-electron chi connectivity index (χ3n) is 4.42. The largest absolute Gasteiger partial charge is 0.481 e. The minimum atomic E-state index is -1.11. The molecule has 0 heterocycles. The summed E-state index contributed by atoms with van der Waals surface area (Å²) in [6.07, 6.45) is 3.88. The summed E-state index contributed by atoms with van der Waals surface area (Å²) in [5.41, 5.74) is -0.393. The number of hydrogen-bond donors (Lipinski definition) is 1. The molecule has 2 saturated carbocycles. The van der Waals surface area contributed by atoms with Crippen LogP contribution in [-0.2, 0) is 14.3 Å². The number of hydrogen-bond acceptors (Lipinski definition) is 3. The number of esters is 1. The zero-order chi connectivity index (χ0) is 12.6. The number of carbonyl (C=O) groups is 2. The molecular formula is C13H20O4. The van der Waals surface area contributed by atoms with Gasteiger partial charge in [0.15, 0.2) is 0 Å². The molecule has 2 fully saturated rings. The van der Waals surface area contributed by atoms with E-state index in [1.807, 2.05) is 0 Å². The maximum Gasteiger partial charge on any atom is 0.317 e. The Hall–Kier alpha value is -1.06. The average molecular weight is 240 g/mol. The van der Waals surface area contributed by atoms with E-state index in [9.17, 15) is 9.59 Å². The highest BCUT2D eigenvalue weighted by molar-refractivity contribution is 5.90. The van der Waals surface area contributed by atoms with Gasteiger partial charge >= 0.3 is 11.9 Å². The smallest absolute Gasteiger partial charge is 0.317 e. The van der Waals surface area contributed by atoms with E-state index in [4.69, 9.17) is 9.84 Å². The van der Waals surface area contributed by atoms with Gasteiger partial charge in [-0.05, 0) is 43.4 Å². The summed E-state index contributed by atoms with van der Waals surface area (Å²) in [6.45, 7) is 4.13. The third kappa shape index (κ3) is 2.17. The predicted octanol–water partition coefficient (Wildman–Crippen LogP) is 2.22. The van der Waals surface area contributed by atoms with E-state index in [0.717, 1.165) is 19.3 Å². The first kappa shape index (κ1) is 12.4. The Labute approximate surface area is 101 Å². The van der Waals surface area contributed by atoms with Crippen LogP contribution in [0.5, 0.6) is 0 Å². The number of rotatable bonds is 4. The Bertz CT molecular complexity index is 336. The molecule has 2 aliphatic carbocycles. The summed E-state index contributed by atoms with van der Waals surface area (Å²) in [7, 11) is 0. The van der Waals surface area contributed by atoms with Crippen LogP contribution in [0.4, 0.5) is 0 Å². The first-order valence-electron chi connectivity index (χ1n) is 6.37. The molecule has 96 valence electrons. The van der Waals surface area contributed by atoms with Crippen molar-refractivity contribution in [3.63, 3.8) is 0 Å². The van der Waals surface area contributed by atoms with Crippen LogP contribution in [0.1, 0.15) is 46.0 Å². The molecule has 4 heteroatoms. The lowest BCUT2D eigenvalue weighted by atomic mass is 9.76. The van der Waals surface area contributed by atoms with Gasteiger partial charge in [0.1, 0.15) is 12.0 Å². The van der Waals surface area contributed by atoms with Crippen LogP contribution in [0.3, 0.4) is 0 Å². The number of carboxylic acid groups (broad SMARTS) is 1. The topological polar surface area (TPSA) is 63.6 Å². The van der Waals surface area contributed by atoms with Gasteiger partial charge < -0.3 is 9.84 Å². The second kappa shape index (κ2) is 4.31. The van der Waals surface area contributed by atoms with Crippen molar-refractivity contribution in [3.05, 3.63) is 0 Å². The standard InChI is InChI=1S/C13H20O4/c1-8(2)13(17-12(16)6-11(14)15)7-9-3-4-10(13)5-9/h8-10H,3-7H2,1-2H3,(H,14,15). The summed E-state index contributed by atoms with van der Waals surface area (Å²) < 4.78 is 5.59. The number of carbonyl (C=O) groups excluding carboxylic acids is 1. The predicted molar refractivity (Wildman–Crippen MR) is 61.4 cm³/mol. The molecule has 0 aliphatic heterocycles. The molecule has 0 saturated heterocycles. The monoisotopic (exact) mass is 240 g/mol. The van der Waals surface area contributed by atoms with Crippen molar-refractivity contribution in [2.45, 2.75) is 51.6 Å². The van der Waals surface area contributed by atoms with Crippen LogP contribution in [-0.4, -0.2) is 22.6 Å². The normalized spacial score (nSPS) is 35.2. The molecule has 0 aromatic heterocycles. The quantitative estimate of drug-likeness (QED) is 0.604. The van der Waals surface area contributed by atoms with E-state index >= 15 is 0 Å². The lowest BCUT2D eigenvalue weighted by molar-refractivity contribution is -0.175. The van der Waals surface area contributed by atoms with Gasteiger partial charge in [0, 0.05) is 0 Å². The second-order valence-electron chi connectivity index (χ2n) is 5.73. The van der Waals surface area contributed by atoms with Crippen molar-refractivity contribution in [3.8, 4) is 0 Å². The SMILES string of the molecule is CC(C)C1(OC(=O)CC(=O)O)CC2CCC1C2. The van der Waals surface area contributed by atoms with Crippen molar-refractivity contribution in [1.82, 2.24) is 0 Å². The molecule has 0 aromatic rings. The van der Waals surface area contributed by atoms with Crippen molar-refractivity contribution in [1.29, 1.82) is 0 Å². The lowest BCUT2D eigenvalue weighted by Crippen LogP contribution is -2.45. The van der Waals surface area contributed by atoms with E-state index in [1.165, 1.54) is 6.42 Å². The van der Waals surface area contributed by atoms with Gasteiger partial charge in [0.25, 0.3) is 0 Å². The molecule has 0 spiro atoms. The Kier molecular flexibility index (Phi) is 3.15. The first-order chi connectivity index (χ1) is 7.94. The fourth-order valence-corrected chi connectivity index (χ4v) is 3.64. The summed E-state index contributed by atoms with van der Waals surface area (Å²) in [5, 5.41) is 8.61. The van der Waals surface area contributed by atoms with Crippen LogP contribution < -0.4 is 0 Å². The molecule has 0 amide bonds. The number of ether oxygens (including phenoxy) is 1. The van der Waals surface area contributed by atoms with E-state index in [-0.39, 0.29) is 5.92 Å². The maximum absolute atomic E-state index is 11.6. The van der Waals surface area contributed by atoms with E-state index in [0.29, 0.717) is 11.8 Å². The Morgan fingerprint density at radius 3 is 2.53 bits per heavy atom. The Morgan fingerprint density at radius 1 is 1.41 bits per heavy atom. The van der Waals surface area contributed by atoms with E-state index in [2.05, 4.69) is 13.8 Å². The molecule has 3 unspecified atom stereocenters. The minimum Gasteiger partial charge on any atom is -0.481 e. The van der Waals surface area contributed by atoms with Gasteiger partial charge in [0.05, 0.1) is 0 Å². The van der Waals surface area contributed by atoms with Crippen molar-refractivity contribution >= 4 is 11.9 Å². The molecule has 0 radical (unpaired) electrons. The number of aliphatic carboxylic acids is 1. The highest BCUT2D eigenvalue weighted by atomic mass is 16.6. The van der Waals surface area contributed by atoms with Crippen LogP contribution in [0.25, 0.3) is 0 Å². The Balaban J connectivity index is 2.08. The third-order valence-corrected chi connectivity index (χ3v) is 4.42. The molecule has 3 atom stereocenters.